The third-order valence-electron chi connectivity index (χ3n) is 3.61. The molecule has 1 fully saturated rings. The molecule has 0 saturated heterocycles. The lowest BCUT2D eigenvalue weighted by Gasteiger charge is -2.24. The lowest BCUT2D eigenvalue weighted by Crippen LogP contribution is -2.34. The highest BCUT2D eigenvalue weighted by Crippen LogP contribution is 2.37. The lowest BCUT2D eigenvalue weighted by atomic mass is 9.96. The Labute approximate surface area is 111 Å². The molecule has 1 aliphatic rings. The molecule has 1 saturated carbocycles. The molecule has 0 spiro atoms. The molecule has 0 bridgehead atoms. The van der Waals surface area contributed by atoms with Crippen LogP contribution in [-0.4, -0.2) is 9.78 Å². The molecule has 1 aromatic rings. The molecule has 2 rings (SSSR count). The fourth-order valence-corrected chi connectivity index (χ4v) is 3.34. The average Bonchev–Trinajstić information content (AvgIpc) is 2.94. The van der Waals surface area contributed by atoms with E-state index in [1.165, 1.54) is 31.4 Å². The van der Waals surface area contributed by atoms with Crippen LogP contribution in [-0.2, 0) is 6.54 Å². The standard InChI is InChI=1S/C12H21BrN4/c1-2-7-17-12(10(13)8-15-17)11(16-14)9-5-3-4-6-9/h8-9,11,16H,2-7,14H2,1H3. The van der Waals surface area contributed by atoms with E-state index in [1.54, 1.807) is 0 Å². The first kappa shape index (κ1) is 13.1. The first-order valence-electron chi connectivity index (χ1n) is 6.45. The maximum atomic E-state index is 5.77. The molecular weight excluding hydrogens is 280 g/mol. The molecule has 5 heteroatoms. The van der Waals surface area contributed by atoms with Crippen molar-refractivity contribution in [1.82, 2.24) is 15.2 Å². The number of nitrogens with one attached hydrogen (secondary N) is 1. The van der Waals surface area contributed by atoms with E-state index in [-0.39, 0.29) is 6.04 Å². The smallest absolute Gasteiger partial charge is 0.0712 e. The van der Waals surface area contributed by atoms with Gasteiger partial charge in [0.2, 0.25) is 0 Å². The van der Waals surface area contributed by atoms with Gasteiger partial charge in [0.25, 0.3) is 0 Å². The highest BCUT2D eigenvalue weighted by Gasteiger charge is 2.29. The number of hydrazine groups is 1. The van der Waals surface area contributed by atoms with Crippen LogP contribution in [0.15, 0.2) is 10.7 Å². The molecule has 1 atom stereocenters. The van der Waals surface area contributed by atoms with E-state index < -0.39 is 0 Å². The molecule has 1 heterocycles. The molecule has 1 unspecified atom stereocenters. The summed E-state index contributed by atoms with van der Waals surface area (Å²) in [6.45, 7) is 3.12. The van der Waals surface area contributed by atoms with Crippen LogP contribution in [0.25, 0.3) is 0 Å². The molecule has 1 aliphatic carbocycles. The molecule has 0 aromatic carbocycles. The van der Waals surface area contributed by atoms with E-state index in [4.69, 9.17) is 5.84 Å². The molecule has 3 N–H and O–H groups in total. The normalized spacial score (nSPS) is 18.8. The van der Waals surface area contributed by atoms with Gasteiger partial charge in [0, 0.05) is 6.54 Å². The molecule has 1 aromatic heterocycles. The number of hydrogen-bond acceptors (Lipinski definition) is 3. The minimum absolute atomic E-state index is 0.223. The minimum atomic E-state index is 0.223. The van der Waals surface area contributed by atoms with Gasteiger partial charge in [0.05, 0.1) is 22.4 Å². The molecular formula is C12H21BrN4. The largest absolute Gasteiger partial charge is 0.271 e. The Bertz CT molecular complexity index is 357. The predicted octanol–water partition coefficient (Wildman–Crippen LogP) is 2.75. The monoisotopic (exact) mass is 300 g/mol. The number of nitrogens with zero attached hydrogens (tertiary/aromatic N) is 2. The number of aromatic nitrogens is 2. The van der Waals surface area contributed by atoms with Crippen molar-refractivity contribution in [3.63, 3.8) is 0 Å². The van der Waals surface area contributed by atoms with Crippen LogP contribution in [0.5, 0.6) is 0 Å². The second kappa shape index (κ2) is 5.98. The second-order valence-corrected chi connectivity index (χ2v) is 5.64. The fraction of sp³-hybridized carbons (Fsp3) is 0.750. The van der Waals surface area contributed by atoms with Crippen molar-refractivity contribution in [3.8, 4) is 0 Å². The summed E-state index contributed by atoms with van der Waals surface area (Å²) < 4.78 is 3.15. The SMILES string of the molecule is CCCn1ncc(Br)c1C(NN)C1CCCC1. The van der Waals surface area contributed by atoms with Crippen LogP contribution in [0, 0.1) is 5.92 Å². The molecule has 96 valence electrons. The predicted molar refractivity (Wildman–Crippen MR) is 72.2 cm³/mol. The maximum absolute atomic E-state index is 5.77. The highest BCUT2D eigenvalue weighted by atomic mass is 79.9. The number of rotatable bonds is 5. The van der Waals surface area contributed by atoms with Crippen molar-refractivity contribution in [1.29, 1.82) is 0 Å². The Morgan fingerprint density at radius 3 is 2.88 bits per heavy atom. The van der Waals surface area contributed by atoms with Gasteiger partial charge >= 0.3 is 0 Å². The van der Waals surface area contributed by atoms with Gasteiger partial charge in [0.1, 0.15) is 0 Å². The molecule has 4 nitrogen and oxygen atoms in total. The zero-order valence-electron chi connectivity index (χ0n) is 10.3. The summed E-state index contributed by atoms with van der Waals surface area (Å²) in [6.07, 6.45) is 8.13. The maximum Gasteiger partial charge on any atom is 0.0712 e. The molecule has 0 aliphatic heterocycles. The van der Waals surface area contributed by atoms with Crippen LogP contribution >= 0.6 is 15.9 Å². The first-order valence-corrected chi connectivity index (χ1v) is 7.24. The van der Waals surface area contributed by atoms with E-state index in [0.717, 1.165) is 17.4 Å². The Hall–Kier alpha value is -0.390. The van der Waals surface area contributed by atoms with Crippen molar-refractivity contribution in [2.75, 3.05) is 0 Å². The van der Waals surface area contributed by atoms with Crippen molar-refractivity contribution in [2.24, 2.45) is 11.8 Å². The Balaban J connectivity index is 2.25. The van der Waals surface area contributed by atoms with Gasteiger partial charge in [-0.25, -0.2) is 0 Å². The summed E-state index contributed by atoms with van der Waals surface area (Å²) >= 11 is 3.60. The fourth-order valence-electron chi connectivity index (χ4n) is 2.80. The van der Waals surface area contributed by atoms with E-state index in [9.17, 15) is 0 Å². The highest BCUT2D eigenvalue weighted by molar-refractivity contribution is 9.10. The molecule has 0 amide bonds. The zero-order chi connectivity index (χ0) is 12.3. The Morgan fingerprint density at radius 2 is 2.29 bits per heavy atom. The lowest BCUT2D eigenvalue weighted by molar-refractivity contribution is 0.347. The van der Waals surface area contributed by atoms with E-state index in [1.807, 2.05) is 6.20 Å². The van der Waals surface area contributed by atoms with Gasteiger partial charge in [-0.1, -0.05) is 19.8 Å². The van der Waals surface area contributed by atoms with Gasteiger partial charge in [0.15, 0.2) is 0 Å². The second-order valence-electron chi connectivity index (χ2n) is 4.79. The summed E-state index contributed by atoms with van der Waals surface area (Å²) in [6, 6.07) is 0.223. The third kappa shape index (κ3) is 2.72. The van der Waals surface area contributed by atoms with Crippen LogP contribution in [0.4, 0.5) is 0 Å². The zero-order valence-corrected chi connectivity index (χ0v) is 11.9. The van der Waals surface area contributed by atoms with Crippen molar-refractivity contribution in [3.05, 3.63) is 16.4 Å². The topological polar surface area (TPSA) is 55.9 Å². The van der Waals surface area contributed by atoms with Crippen LogP contribution in [0.1, 0.15) is 50.8 Å². The van der Waals surface area contributed by atoms with Crippen LogP contribution in [0.3, 0.4) is 0 Å². The quantitative estimate of drug-likeness (QED) is 0.649. The molecule has 17 heavy (non-hydrogen) atoms. The summed E-state index contributed by atoms with van der Waals surface area (Å²) in [5.41, 5.74) is 4.20. The Morgan fingerprint density at radius 1 is 1.59 bits per heavy atom. The summed E-state index contributed by atoms with van der Waals surface area (Å²) in [5, 5.41) is 4.42. The van der Waals surface area contributed by atoms with Gasteiger partial charge < -0.3 is 0 Å². The number of halogens is 1. The van der Waals surface area contributed by atoms with Gasteiger partial charge in [-0.05, 0) is 41.1 Å². The van der Waals surface area contributed by atoms with Crippen molar-refractivity contribution < 1.29 is 0 Å². The van der Waals surface area contributed by atoms with Gasteiger partial charge in [-0.2, -0.15) is 5.10 Å². The Kier molecular flexibility index (Phi) is 4.59. The number of aryl methyl sites for hydroxylation is 1. The van der Waals surface area contributed by atoms with Crippen molar-refractivity contribution >= 4 is 15.9 Å². The first-order chi connectivity index (χ1) is 8.27. The van der Waals surface area contributed by atoms with Crippen LogP contribution < -0.4 is 11.3 Å². The molecule has 0 radical (unpaired) electrons. The number of hydrogen-bond donors (Lipinski definition) is 2. The summed E-state index contributed by atoms with van der Waals surface area (Å²) in [5.74, 6) is 6.41. The van der Waals surface area contributed by atoms with E-state index in [2.05, 4.69) is 38.1 Å². The van der Waals surface area contributed by atoms with Crippen LogP contribution in [0.2, 0.25) is 0 Å². The minimum Gasteiger partial charge on any atom is -0.271 e. The summed E-state index contributed by atoms with van der Waals surface area (Å²) in [7, 11) is 0. The van der Waals surface area contributed by atoms with Gasteiger partial charge in [-0.3, -0.25) is 16.0 Å². The third-order valence-corrected chi connectivity index (χ3v) is 4.23. The summed E-state index contributed by atoms with van der Waals surface area (Å²) in [4.78, 5) is 0. The van der Waals surface area contributed by atoms with E-state index in [0.29, 0.717) is 5.92 Å². The van der Waals surface area contributed by atoms with Crippen molar-refractivity contribution in [2.45, 2.75) is 51.6 Å². The average molecular weight is 301 g/mol. The van der Waals surface area contributed by atoms with E-state index >= 15 is 0 Å². The van der Waals surface area contributed by atoms with Gasteiger partial charge in [-0.15, -0.1) is 0 Å². The number of nitrogens with two attached hydrogens (primary N) is 1.